The molecule has 3 aromatic carbocycles. The third kappa shape index (κ3) is 4.90. The Kier molecular flexibility index (Phi) is 6.75. The molecule has 2 aliphatic rings. The van der Waals surface area contributed by atoms with Crippen molar-refractivity contribution in [3.05, 3.63) is 71.2 Å². The molecule has 5 rings (SSSR count). The van der Waals surface area contributed by atoms with Gasteiger partial charge in [0.1, 0.15) is 0 Å². The average Bonchev–Trinajstić information content (AvgIpc) is 2.89. The molecule has 2 heterocycles. The molecule has 3 aromatic rings. The van der Waals surface area contributed by atoms with Gasteiger partial charge in [-0.05, 0) is 60.4 Å². The Labute approximate surface area is 212 Å². The number of amides is 1. The fourth-order valence-electron chi connectivity index (χ4n) is 5.17. The quantitative estimate of drug-likeness (QED) is 0.515. The van der Waals surface area contributed by atoms with Gasteiger partial charge in [-0.25, -0.2) is 8.42 Å². The fraction of sp³-hybridized carbons (Fsp3) is 0.370. The van der Waals surface area contributed by atoms with Gasteiger partial charge < -0.3 is 9.80 Å². The summed E-state index contributed by atoms with van der Waals surface area (Å²) in [7, 11) is -3.58. The lowest BCUT2D eigenvalue weighted by atomic mass is 9.96. The van der Waals surface area contributed by atoms with Crippen LogP contribution in [0.25, 0.3) is 10.8 Å². The number of benzene rings is 3. The molecule has 0 unspecified atom stereocenters. The van der Waals surface area contributed by atoms with Gasteiger partial charge in [0.05, 0.1) is 4.90 Å². The maximum atomic E-state index is 13.2. The summed E-state index contributed by atoms with van der Waals surface area (Å²) in [5, 5.41) is 2.64. The third-order valence-electron chi connectivity index (χ3n) is 7.27. The van der Waals surface area contributed by atoms with Crippen molar-refractivity contribution in [2.45, 2.75) is 24.7 Å². The highest BCUT2D eigenvalue weighted by Gasteiger charge is 2.34. The van der Waals surface area contributed by atoms with Crippen LogP contribution in [0.1, 0.15) is 18.4 Å². The highest BCUT2D eigenvalue weighted by Crippen LogP contribution is 2.29. The van der Waals surface area contributed by atoms with Crippen molar-refractivity contribution in [1.29, 1.82) is 0 Å². The number of aryl methyl sites for hydroxylation is 1. The third-order valence-corrected chi connectivity index (χ3v) is 9.39. The second kappa shape index (κ2) is 9.80. The summed E-state index contributed by atoms with van der Waals surface area (Å²) in [5.74, 6) is 0.0210. The highest BCUT2D eigenvalue weighted by atomic mass is 35.5. The van der Waals surface area contributed by atoms with E-state index in [1.54, 1.807) is 12.1 Å². The molecule has 2 fully saturated rings. The van der Waals surface area contributed by atoms with E-state index in [2.05, 4.69) is 11.8 Å². The number of halogens is 1. The number of carbonyl (C=O) groups excluding carboxylic acids is 1. The normalized spacial score (nSPS) is 18.2. The van der Waals surface area contributed by atoms with Crippen LogP contribution in [0.4, 0.5) is 5.69 Å². The van der Waals surface area contributed by atoms with Gasteiger partial charge in [0.2, 0.25) is 15.9 Å². The number of piperazine rings is 1. The molecule has 8 heteroatoms. The van der Waals surface area contributed by atoms with Gasteiger partial charge in [-0.3, -0.25) is 4.79 Å². The number of nitrogens with zero attached hydrogens (tertiary/aromatic N) is 3. The minimum atomic E-state index is -3.58. The molecule has 0 spiro atoms. The molecular formula is C27H30ClN3O3S. The number of anilines is 1. The minimum Gasteiger partial charge on any atom is -0.368 e. The highest BCUT2D eigenvalue weighted by molar-refractivity contribution is 7.89. The van der Waals surface area contributed by atoms with Gasteiger partial charge in [0.15, 0.2) is 0 Å². The van der Waals surface area contributed by atoms with E-state index in [0.29, 0.717) is 43.9 Å². The van der Waals surface area contributed by atoms with Crippen LogP contribution in [-0.2, 0) is 14.8 Å². The smallest absolute Gasteiger partial charge is 0.243 e. The summed E-state index contributed by atoms with van der Waals surface area (Å²) in [6.07, 6.45) is 1.11. The Bertz CT molecular complexity index is 1340. The predicted octanol–water partition coefficient (Wildman–Crippen LogP) is 4.55. The summed E-state index contributed by atoms with van der Waals surface area (Å²) >= 11 is 6.19. The maximum Gasteiger partial charge on any atom is 0.243 e. The van der Waals surface area contributed by atoms with Gasteiger partial charge >= 0.3 is 0 Å². The SMILES string of the molecule is Cc1ccc(Cl)cc1N1CCN(C(=O)C2CCN(S(=O)(=O)c3ccc4ccccc4c3)CC2)CC1. The van der Waals surface area contributed by atoms with Crippen LogP contribution in [0.3, 0.4) is 0 Å². The Morgan fingerprint density at radius 1 is 0.857 bits per heavy atom. The molecule has 0 aromatic heterocycles. The van der Waals surface area contributed by atoms with Crippen molar-refractivity contribution in [2.75, 3.05) is 44.2 Å². The zero-order valence-electron chi connectivity index (χ0n) is 19.9. The van der Waals surface area contributed by atoms with Gasteiger partial charge in [-0.1, -0.05) is 48.0 Å². The summed E-state index contributed by atoms with van der Waals surface area (Å²) in [5.41, 5.74) is 2.30. The molecule has 0 aliphatic carbocycles. The monoisotopic (exact) mass is 511 g/mol. The van der Waals surface area contributed by atoms with E-state index >= 15 is 0 Å². The minimum absolute atomic E-state index is 0.127. The van der Waals surface area contributed by atoms with Gasteiger partial charge in [0.25, 0.3) is 0 Å². The molecule has 0 bridgehead atoms. The van der Waals surface area contributed by atoms with Crippen molar-refractivity contribution in [1.82, 2.24) is 9.21 Å². The molecule has 2 aliphatic heterocycles. The largest absolute Gasteiger partial charge is 0.368 e. The number of rotatable bonds is 4. The van der Waals surface area contributed by atoms with E-state index in [1.165, 1.54) is 9.87 Å². The molecule has 1 amide bonds. The molecule has 0 saturated carbocycles. The van der Waals surface area contributed by atoms with Crippen molar-refractivity contribution >= 4 is 44.0 Å². The van der Waals surface area contributed by atoms with Crippen molar-refractivity contribution in [3.8, 4) is 0 Å². The number of fused-ring (bicyclic) bond motifs is 1. The van der Waals surface area contributed by atoms with E-state index < -0.39 is 10.0 Å². The number of hydrogen-bond donors (Lipinski definition) is 0. The molecule has 0 radical (unpaired) electrons. The summed E-state index contributed by atoms with van der Waals surface area (Å²) < 4.78 is 28.0. The zero-order chi connectivity index (χ0) is 24.6. The van der Waals surface area contributed by atoms with Crippen LogP contribution in [0.15, 0.2) is 65.6 Å². The maximum absolute atomic E-state index is 13.2. The Hall–Kier alpha value is -2.61. The van der Waals surface area contributed by atoms with Crippen LogP contribution < -0.4 is 4.90 Å². The Morgan fingerprint density at radius 2 is 1.54 bits per heavy atom. The van der Waals surface area contributed by atoms with E-state index in [9.17, 15) is 13.2 Å². The summed E-state index contributed by atoms with van der Waals surface area (Å²) in [6, 6.07) is 18.9. The number of sulfonamides is 1. The van der Waals surface area contributed by atoms with E-state index in [1.807, 2.05) is 53.4 Å². The van der Waals surface area contributed by atoms with Gasteiger partial charge in [0, 0.05) is 55.9 Å². The molecular weight excluding hydrogens is 482 g/mol. The number of piperidine rings is 1. The fourth-order valence-corrected chi connectivity index (χ4v) is 6.84. The lowest BCUT2D eigenvalue weighted by Crippen LogP contribution is -2.52. The van der Waals surface area contributed by atoms with E-state index in [0.717, 1.165) is 34.6 Å². The molecule has 2 saturated heterocycles. The van der Waals surface area contributed by atoms with Crippen LogP contribution in [0, 0.1) is 12.8 Å². The van der Waals surface area contributed by atoms with Crippen molar-refractivity contribution < 1.29 is 13.2 Å². The van der Waals surface area contributed by atoms with Crippen LogP contribution in [-0.4, -0.2) is 62.8 Å². The first-order valence-electron chi connectivity index (χ1n) is 12.1. The average molecular weight is 512 g/mol. The second-order valence-corrected chi connectivity index (χ2v) is 11.8. The molecule has 35 heavy (non-hydrogen) atoms. The van der Waals surface area contributed by atoms with Crippen LogP contribution >= 0.6 is 11.6 Å². The first kappa shape index (κ1) is 24.1. The summed E-state index contributed by atoms with van der Waals surface area (Å²) in [6.45, 7) is 5.68. The van der Waals surface area contributed by atoms with Crippen LogP contribution in [0.5, 0.6) is 0 Å². The Morgan fingerprint density at radius 3 is 2.26 bits per heavy atom. The molecule has 0 N–H and O–H groups in total. The van der Waals surface area contributed by atoms with Gasteiger partial charge in [-0.2, -0.15) is 4.31 Å². The van der Waals surface area contributed by atoms with Gasteiger partial charge in [-0.15, -0.1) is 0 Å². The number of hydrogen-bond acceptors (Lipinski definition) is 4. The van der Waals surface area contributed by atoms with E-state index in [-0.39, 0.29) is 11.8 Å². The Balaban J connectivity index is 1.18. The standard InChI is InChI=1S/C27H30ClN3O3S/c1-20-6-8-24(28)19-26(20)29-14-16-30(17-15-29)27(32)22-10-12-31(13-11-22)35(33,34)25-9-7-21-4-2-3-5-23(21)18-25/h2-9,18-19,22H,10-17H2,1H3. The van der Waals surface area contributed by atoms with Crippen LogP contribution in [0.2, 0.25) is 5.02 Å². The summed E-state index contributed by atoms with van der Waals surface area (Å²) in [4.78, 5) is 17.7. The lowest BCUT2D eigenvalue weighted by molar-refractivity contribution is -0.137. The topological polar surface area (TPSA) is 60.9 Å². The second-order valence-electron chi connectivity index (χ2n) is 9.43. The molecule has 184 valence electrons. The lowest BCUT2D eigenvalue weighted by Gasteiger charge is -2.39. The number of carbonyl (C=O) groups is 1. The first-order valence-corrected chi connectivity index (χ1v) is 13.9. The molecule has 6 nitrogen and oxygen atoms in total. The predicted molar refractivity (Wildman–Crippen MR) is 140 cm³/mol. The van der Waals surface area contributed by atoms with E-state index in [4.69, 9.17) is 11.6 Å². The van der Waals surface area contributed by atoms with Crippen molar-refractivity contribution in [2.24, 2.45) is 5.92 Å². The first-order chi connectivity index (χ1) is 16.8. The van der Waals surface area contributed by atoms with Crippen molar-refractivity contribution in [3.63, 3.8) is 0 Å². The molecule has 0 atom stereocenters. The zero-order valence-corrected chi connectivity index (χ0v) is 21.4.